The van der Waals surface area contributed by atoms with Gasteiger partial charge in [0.1, 0.15) is 0 Å². The Morgan fingerprint density at radius 2 is 2.19 bits per heavy atom. The number of hydrogen-bond acceptors (Lipinski definition) is 4. The molecule has 0 aliphatic heterocycles. The van der Waals surface area contributed by atoms with Gasteiger partial charge in [0.25, 0.3) is 5.56 Å². The highest BCUT2D eigenvalue weighted by molar-refractivity contribution is 4.92. The minimum absolute atomic E-state index is 0.0875. The van der Waals surface area contributed by atoms with E-state index >= 15 is 0 Å². The topological polar surface area (TPSA) is 95.3 Å². The first-order valence-electron chi connectivity index (χ1n) is 5.22. The van der Waals surface area contributed by atoms with Crippen molar-refractivity contribution in [1.29, 1.82) is 0 Å². The van der Waals surface area contributed by atoms with Crippen LogP contribution in [-0.2, 0) is 0 Å². The number of aliphatic hydroxyl groups excluding tert-OH is 2. The van der Waals surface area contributed by atoms with Crippen molar-refractivity contribution < 1.29 is 10.2 Å². The molecule has 6 heteroatoms. The summed E-state index contributed by atoms with van der Waals surface area (Å²) in [5, 5.41) is 18.6. The van der Waals surface area contributed by atoms with Crippen molar-refractivity contribution in [3.63, 3.8) is 0 Å². The maximum Gasteiger partial charge on any atom is 0.328 e. The molecule has 1 fully saturated rings. The number of hydrogen-bond donors (Lipinski definition) is 3. The molecule has 1 aromatic heterocycles. The summed E-state index contributed by atoms with van der Waals surface area (Å²) in [6.45, 7) is -0.0875. The van der Waals surface area contributed by atoms with Crippen molar-refractivity contribution in [3.05, 3.63) is 33.1 Å². The molecule has 2 rings (SSSR count). The van der Waals surface area contributed by atoms with Crippen LogP contribution in [0.3, 0.4) is 0 Å². The number of nitrogens with one attached hydrogen (secondary N) is 1. The molecule has 1 aromatic rings. The van der Waals surface area contributed by atoms with Gasteiger partial charge in [0.15, 0.2) is 0 Å². The molecule has 0 amide bonds. The lowest BCUT2D eigenvalue weighted by atomic mass is 10.1. The predicted octanol–water partition coefficient (Wildman–Crippen LogP) is -1.16. The van der Waals surface area contributed by atoms with Crippen LogP contribution < -0.4 is 11.2 Å². The zero-order valence-electron chi connectivity index (χ0n) is 8.67. The Kier molecular flexibility index (Phi) is 2.93. The Morgan fingerprint density at radius 3 is 2.75 bits per heavy atom. The number of nitrogens with zero attached hydrogens (tertiary/aromatic N) is 1. The second-order valence-corrected chi connectivity index (χ2v) is 4.15. The molecule has 0 saturated heterocycles. The molecule has 0 aromatic carbocycles. The van der Waals surface area contributed by atoms with E-state index in [2.05, 4.69) is 4.98 Å². The zero-order valence-corrected chi connectivity index (χ0v) is 8.67. The summed E-state index contributed by atoms with van der Waals surface area (Å²) < 4.78 is 1.40. The van der Waals surface area contributed by atoms with Crippen molar-refractivity contribution in [3.8, 4) is 0 Å². The van der Waals surface area contributed by atoms with Gasteiger partial charge in [-0.2, -0.15) is 0 Å². The average molecular weight is 226 g/mol. The molecule has 1 aliphatic rings. The first-order valence-corrected chi connectivity index (χ1v) is 5.22. The van der Waals surface area contributed by atoms with Crippen LogP contribution in [0, 0.1) is 5.92 Å². The lowest BCUT2D eigenvalue weighted by molar-refractivity contribution is 0.0906. The van der Waals surface area contributed by atoms with Gasteiger partial charge in [-0.15, -0.1) is 0 Å². The van der Waals surface area contributed by atoms with Crippen LogP contribution in [0.2, 0.25) is 0 Å². The van der Waals surface area contributed by atoms with E-state index in [-0.39, 0.29) is 18.6 Å². The Hall–Kier alpha value is -1.40. The molecule has 0 radical (unpaired) electrons. The molecular weight excluding hydrogens is 212 g/mol. The summed E-state index contributed by atoms with van der Waals surface area (Å²) in [5.74, 6) is -0.191. The molecule has 16 heavy (non-hydrogen) atoms. The second kappa shape index (κ2) is 4.23. The van der Waals surface area contributed by atoms with E-state index in [1.807, 2.05) is 0 Å². The minimum Gasteiger partial charge on any atom is -0.396 e. The first kappa shape index (κ1) is 11.1. The maximum atomic E-state index is 11.5. The Bertz CT molecular complexity index is 478. The van der Waals surface area contributed by atoms with Gasteiger partial charge < -0.3 is 10.2 Å². The third-order valence-electron chi connectivity index (χ3n) is 3.11. The smallest absolute Gasteiger partial charge is 0.328 e. The largest absolute Gasteiger partial charge is 0.396 e. The SMILES string of the molecule is O=c1ccn([C@@H]2C[C@H](CO)[C@H](O)C2)c(=O)[nH]1. The van der Waals surface area contributed by atoms with Gasteiger partial charge in [0, 0.05) is 30.8 Å². The van der Waals surface area contributed by atoms with Gasteiger partial charge in [0.05, 0.1) is 6.10 Å². The van der Waals surface area contributed by atoms with Gasteiger partial charge in [0.2, 0.25) is 0 Å². The van der Waals surface area contributed by atoms with E-state index < -0.39 is 17.4 Å². The van der Waals surface area contributed by atoms with Crippen LogP contribution in [0.15, 0.2) is 21.9 Å². The summed E-state index contributed by atoms with van der Waals surface area (Å²) >= 11 is 0. The predicted molar refractivity (Wildman–Crippen MR) is 56.2 cm³/mol. The number of rotatable bonds is 2. The first-order chi connectivity index (χ1) is 7.61. The molecule has 88 valence electrons. The lowest BCUT2D eigenvalue weighted by Crippen LogP contribution is -2.30. The summed E-state index contributed by atoms with van der Waals surface area (Å²) in [5.41, 5.74) is -0.901. The summed E-state index contributed by atoms with van der Waals surface area (Å²) in [6, 6.07) is 1.12. The zero-order chi connectivity index (χ0) is 11.7. The monoisotopic (exact) mass is 226 g/mol. The highest BCUT2D eigenvalue weighted by atomic mass is 16.3. The minimum atomic E-state index is -0.589. The number of H-pyrrole nitrogens is 1. The van der Waals surface area contributed by atoms with E-state index in [0.717, 1.165) is 0 Å². The van der Waals surface area contributed by atoms with E-state index in [9.17, 15) is 14.7 Å². The van der Waals surface area contributed by atoms with Crippen LogP contribution in [-0.4, -0.2) is 32.5 Å². The molecule has 3 N–H and O–H groups in total. The van der Waals surface area contributed by atoms with E-state index in [0.29, 0.717) is 12.8 Å². The number of aromatic nitrogens is 2. The lowest BCUT2D eigenvalue weighted by Gasteiger charge is -2.12. The molecule has 1 heterocycles. The molecule has 1 saturated carbocycles. The maximum absolute atomic E-state index is 11.5. The van der Waals surface area contributed by atoms with E-state index in [4.69, 9.17) is 5.11 Å². The number of aromatic amines is 1. The second-order valence-electron chi connectivity index (χ2n) is 4.15. The van der Waals surface area contributed by atoms with Crippen molar-refractivity contribution in [2.24, 2.45) is 5.92 Å². The van der Waals surface area contributed by atoms with Gasteiger partial charge in [-0.25, -0.2) is 4.79 Å². The van der Waals surface area contributed by atoms with E-state index in [1.54, 1.807) is 0 Å². The fourth-order valence-electron chi connectivity index (χ4n) is 2.21. The fourth-order valence-corrected chi connectivity index (χ4v) is 2.21. The van der Waals surface area contributed by atoms with Crippen LogP contribution in [0.4, 0.5) is 0 Å². The normalized spacial score (nSPS) is 29.5. The summed E-state index contributed by atoms with van der Waals surface area (Å²) in [4.78, 5) is 24.5. The Balaban J connectivity index is 2.27. The van der Waals surface area contributed by atoms with Gasteiger partial charge in [-0.1, -0.05) is 0 Å². The molecule has 3 atom stereocenters. The summed E-state index contributed by atoms with van der Waals surface area (Å²) in [7, 11) is 0. The van der Waals surface area contributed by atoms with Gasteiger partial charge in [-0.05, 0) is 12.8 Å². The third kappa shape index (κ3) is 1.94. The molecule has 0 unspecified atom stereocenters. The Morgan fingerprint density at radius 1 is 1.44 bits per heavy atom. The van der Waals surface area contributed by atoms with Crippen LogP contribution in [0.25, 0.3) is 0 Å². The van der Waals surface area contributed by atoms with Crippen molar-refractivity contribution >= 4 is 0 Å². The number of aliphatic hydroxyl groups is 2. The molecule has 1 aliphatic carbocycles. The highest BCUT2D eigenvalue weighted by Gasteiger charge is 2.33. The molecule has 6 nitrogen and oxygen atoms in total. The van der Waals surface area contributed by atoms with Crippen LogP contribution >= 0.6 is 0 Å². The van der Waals surface area contributed by atoms with Gasteiger partial charge >= 0.3 is 5.69 Å². The Labute approximate surface area is 91.2 Å². The van der Waals surface area contributed by atoms with Crippen LogP contribution in [0.1, 0.15) is 18.9 Å². The van der Waals surface area contributed by atoms with Gasteiger partial charge in [-0.3, -0.25) is 14.3 Å². The van der Waals surface area contributed by atoms with Crippen molar-refractivity contribution in [2.75, 3.05) is 6.61 Å². The van der Waals surface area contributed by atoms with Crippen molar-refractivity contribution in [1.82, 2.24) is 9.55 Å². The van der Waals surface area contributed by atoms with Crippen molar-refractivity contribution in [2.45, 2.75) is 25.0 Å². The van der Waals surface area contributed by atoms with E-state index in [1.165, 1.54) is 16.8 Å². The molecule has 0 spiro atoms. The quantitative estimate of drug-likeness (QED) is 0.593. The molecular formula is C10H14N2O4. The summed E-state index contributed by atoms with van der Waals surface area (Å²) in [6.07, 6.45) is 1.81. The average Bonchev–Trinajstić information content (AvgIpc) is 2.59. The molecule has 0 bridgehead atoms. The van der Waals surface area contributed by atoms with Crippen LogP contribution in [0.5, 0.6) is 0 Å². The third-order valence-corrected chi connectivity index (χ3v) is 3.11. The fraction of sp³-hybridized carbons (Fsp3) is 0.600. The standard InChI is InChI=1S/C10H14N2O4/c13-5-6-3-7(4-8(6)14)12-2-1-9(15)11-10(12)16/h1-2,6-8,13-14H,3-5H2,(H,11,15,16)/t6-,7-,8-/m1/s1. The highest BCUT2D eigenvalue weighted by Crippen LogP contribution is 2.33.